The topological polar surface area (TPSA) is 41.1 Å². The lowest BCUT2D eigenvalue weighted by Crippen LogP contribution is -2.52. The van der Waals surface area contributed by atoms with Crippen LogP contribution < -0.4 is 10.6 Å². The van der Waals surface area contributed by atoms with Crippen molar-refractivity contribution in [1.82, 2.24) is 10.6 Å². The van der Waals surface area contributed by atoms with Gasteiger partial charge in [0, 0.05) is 23.5 Å². The molecular formula is C13H23ClN2O. The van der Waals surface area contributed by atoms with E-state index in [0.29, 0.717) is 24.0 Å². The third-order valence-electron chi connectivity index (χ3n) is 4.81. The molecule has 1 saturated carbocycles. The Balaban J connectivity index is 0.00000108. The number of hydrogen-bond donors (Lipinski definition) is 2. The predicted octanol–water partition coefficient (Wildman–Crippen LogP) is 2.00. The molecule has 3 nitrogen and oxygen atoms in total. The van der Waals surface area contributed by atoms with Crippen LogP contribution >= 0.6 is 12.4 Å². The van der Waals surface area contributed by atoms with Gasteiger partial charge in [-0.05, 0) is 38.5 Å². The lowest BCUT2D eigenvalue weighted by Gasteiger charge is -2.39. The van der Waals surface area contributed by atoms with E-state index in [9.17, 15) is 4.79 Å². The number of rotatable bonds is 2. The maximum absolute atomic E-state index is 12.1. The van der Waals surface area contributed by atoms with Gasteiger partial charge in [-0.25, -0.2) is 0 Å². The van der Waals surface area contributed by atoms with E-state index in [1.807, 2.05) is 0 Å². The molecule has 2 heterocycles. The number of piperidine rings is 1. The Morgan fingerprint density at radius 3 is 2.29 bits per heavy atom. The summed E-state index contributed by atoms with van der Waals surface area (Å²) in [5, 5.41) is 6.89. The summed E-state index contributed by atoms with van der Waals surface area (Å²) in [6, 6.07) is 1.76. The Morgan fingerprint density at radius 2 is 1.82 bits per heavy atom. The van der Waals surface area contributed by atoms with Crippen molar-refractivity contribution in [2.24, 2.45) is 5.41 Å². The van der Waals surface area contributed by atoms with Gasteiger partial charge in [0.1, 0.15) is 0 Å². The molecule has 0 aromatic heterocycles. The molecule has 3 aliphatic rings. The first-order valence-corrected chi connectivity index (χ1v) is 6.73. The zero-order valence-corrected chi connectivity index (χ0v) is 11.3. The molecule has 0 aromatic rings. The highest BCUT2D eigenvalue weighted by molar-refractivity contribution is 5.85. The van der Waals surface area contributed by atoms with Crippen LogP contribution in [0.1, 0.15) is 51.9 Å². The molecule has 98 valence electrons. The summed E-state index contributed by atoms with van der Waals surface area (Å²) in [6.07, 6.45) is 8.26. The van der Waals surface area contributed by atoms with Crippen LogP contribution in [0.25, 0.3) is 0 Å². The summed E-state index contributed by atoms with van der Waals surface area (Å²) in [5.74, 6) is 0.310. The molecule has 3 rings (SSSR count). The first kappa shape index (κ1) is 13.2. The number of amides is 1. The Hall–Kier alpha value is -0.280. The zero-order chi connectivity index (χ0) is 11.2. The van der Waals surface area contributed by atoms with Gasteiger partial charge in [0.05, 0.1) is 0 Å². The van der Waals surface area contributed by atoms with Gasteiger partial charge in [0.25, 0.3) is 0 Å². The van der Waals surface area contributed by atoms with Crippen LogP contribution in [0.5, 0.6) is 0 Å². The van der Waals surface area contributed by atoms with E-state index in [0.717, 1.165) is 25.7 Å². The third kappa shape index (κ3) is 2.45. The summed E-state index contributed by atoms with van der Waals surface area (Å²) < 4.78 is 0. The fraction of sp³-hybridized carbons (Fsp3) is 0.923. The van der Waals surface area contributed by atoms with Crippen molar-refractivity contribution >= 4 is 18.3 Å². The van der Waals surface area contributed by atoms with Gasteiger partial charge in [-0.1, -0.05) is 13.3 Å². The summed E-state index contributed by atoms with van der Waals surface area (Å²) in [4.78, 5) is 12.1. The minimum Gasteiger partial charge on any atom is -0.353 e. The fourth-order valence-corrected chi connectivity index (χ4v) is 3.47. The van der Waals surface area contributed by atoms with Crippen molar-refractivity contribution in [3.05, 3.63) is 0 Å². The maximum atomic E-state index is 12.1. The number of carbonyl (C=O) groups excluding carboxylic acids is 1. The van der Waals surface area contributed by atoms with Crippen molar-refractivity contribution in [3.8, 4) is 0 Å². The third-order valence-corrected chi connectivity index (χ3v) is 4.81. The number of hydrogen-bond acceptors (Lipinski definition) is 2. The van der Waals surface area contributed by atoms with E-state index in [1.165, 1.54) is 19.3 Å². The molecule has 0 radical (unpaired) electrons. The van der Waals surface area contributed by atoms with E-state index in [-0.39, 0.29) is 17.8 Å². The molecule has 0 spiro atoms. The van der Waals surface area contributed by atoms with Crippen LogP contribution in [0.2, 0.25) is 0 Å². The molecule has 2 atom stereocenters. The molecule has 0 aromatic carbocycles. The van der Waals surface area contributed by atoms with Gasteiger partial charge in [-0.2, -0.15) is 0 Å². The second-order valence-corrected chi connectivity index (χ2v) is 6.19. The molecule has 4 heteroatoms. The molecule has 2 aliphatic heterocycles. The van der Waals surface area contributed by atoms with Gasteiger partial charge in [-0.15, -0.1) is 12.4 Å². The van der Waals surface area contributed by atoms with Crippen LogP contribution in [0.15, 0.2) is 0 Å². The molecule has 3 fully saturated rings. The highest BCUT2D eigenvalue weighted by Crippen LogP contribution is 2.40. The normalized spacial score (nSPS) is 37.8. The highest BCUT2D eigenvalue weighted by atomic mass is 35.5. The number of halogens is 1. The second kappa shape index (κ2) is 4.77. The van der Waals surface area contributed by atoms with Crippen LogP contribution in [-0.2, 0) is 4.79 Å². The quantitative estimate of drug-likeness (QED) is 0.796. The van der Waals surface area contributed by atoms with E-state index >= 15 is 0 Å². The van der Waals surface area contributed by atoms with Crippen LogP contribution in [-0.4, -0.2) is 24.0 Å². The summed E-state index contributed by atoms with van der Waals surface area (Å²) >= 11 is 0. The number of carbonyl (C=O) groups is 1. The highest BCUT2D eigenvalue weighted by Gasteiger charge is 2.41. The van der Waals surface area contributed by atoms with Crippen molar-refractivity contribution < 1.29 is 4.79 Å². The van der Waals surface area contributed by atoms with Gasteiger partial charge in [0.2, 0.25) is 5.91 Å². The second-order valence-electron chi connectivity index (χ2n) is 6.19. The van der Waals surface area contributed by atoms with Crippen LogP contribution in [0, 0.1) is 5.41 Å². The largest absolute Gasteiger partial charge is 0.353 e. The van der Waals surface area contributed by atoms with E-state index in [2.05, 4.69) is 17.6 Å². The number of nitrogens with one attached hydrogen (secondary N) is 2. The van der Waals surface area contributed by atoms with Crippen molar-refractivity contribution in [3.63, 3.8) is 0 Å². The van der Waals surface area contributed by atoms with Crippen LogP contribution in [0.3, 0.4) is 0 Å². The first-order chi connectivity index (χ1) is 7.66. The lowest BCUT2D eigenvalue weighted by molar-refractivity contribution is -0.135. The van der Waals surface area contributed by atoms with Gasteiger partial charge >= 0.3 is 0 Å². The summed E-state index contributed by atoms with van der Waals surface area (Å²) in [6.45, 7) is 2.11. The molecule has 2 bridgehead atoms. The standard InChI is InChI=1S/C13H22N2O.ClH/c1-13(5-2-6-13)12(16)15-11-7-9-3-4-10(8-11)14-9;/h9-11,14H,2-8H2,1H3,(H,15,16);1H. The molecule has 1 aliphatic carbocycles. The average molecular weight is 259 g/mol. The minimum absolute atomic E-state index is 0. The Labute approximate surface area is 110 Å². The summed E-state index contributed by atoms with van der Waals surface area (Å²) in [5.41, 5.74) is -0.0378. The average Bonchev–Trinajstić information content (AvgIpc) is 2.54. The van der Waals surface area contributed by atoms with Gasteiger partial charge in [0.15, 0.2) is 0 Å². The molecule has 17 heavy (non-hydrogen) atoms. The monoisotopic (exact) mass is 258 g/mol. The molecule has 2 saturated heterocycles. The molecule has 1 amide bonds. The van der Waals surface area contributed by atoms with Crippen molar-refractivity contribution in [2.75, 3.05) is 0 Å². The predicted molar refractivity (Wildman–Crippen MR) is 70.3 cm³/mol. The Bertz CT molecular complexity index is 292. The van der Waals surface area contributed by atoms with Gasteiger partial charge < -0.3 is 10.6 Å². The van der Waals surface area contributed by atoms with E-state index < -0.39 is 0 Å². The Kier molecular flexibility index (Phi) is 3.69. The summed E-state index contributed by atoms with van der Waals surface area (Å²) in [7, 11) is 0. The van der Waals surface area contributed by atoms with Crippen molar-refractivity contribution in [1.29, 1.82) is 0 Å². The zero-order valence-electron chi connectivity index (χ0n) is 10.5. The smallest absolute Gasteiger partial charge is 0.226 e. The Morgan fingerprint density at radius 1 is 1.24 bits per heavy atom. The molecule has 2 unspecified atom stereocenters. The first-order valence-electron chi connectivity index (χ1n) is 6.73. The van der Waals surface area contributed by atoms with E-state index in [4.69, 9.17) is 0 Å². The SMILES string of the molecule is CC1(C(=O)NC2CC3CCC(C2)N3)CCC1.Cl. The van der Waals surface area contributed by atoms with Gasteiger partial charge in [-0.3, -0.25) is 4.79 Å². The lowest BCUT2D eigenvalue weighted by atomic mass is 9.69. The molecular weight excluding hydrogens is 236 g/mol. The minimum atomic E-state index is -0.0378. The molecule has 2 N–H and O–H groups in total. The van der Waals surface area contributed by atoms with E-state index in [1.54, 1.807) is 0 Å². The van der Waals surface area contributed by atoms with Crippen molar-refractivity contribution in [2.45, 2.75) is 70.0 Å². The fourth-order valence-electron chi connectivity index (χ4n) is 3.47. The maximum Gasteiger partial charge on any atom is 0.226 e. The van der Waals surface area contributed by atoms with Crippen LogP contribution in [0.4, 0.5) is 0 Å². The number of fused-ring (bicyclic) bond motifs is 2.